The highest BCUT2D eigenvalue weighted by Crippen LogP contribution is 2.02. The SMILES string of the molecule is C#CC(CC)NC(=O)Cn1cccc1C(=O)O. The van der Waals surface area contributed by atoms with Crippen LogP contribution in [0, 0.1) is 12.3 Å². The lowest BCUT2D eigenvalue weighted by Gasteiger charge is -2.11. The molecule has 1 aromatic rings. The lowest BCUT2D eigenvalue weighted by Crippen LogP contribution is -2.36. The van der Waals surface area contributed by atoms with E-state index in [-0.39, 0.29) is 24.2 Å². The van der Waals surface area contributed by atoms with E-state index in [0.29, 0.717) is 6.42 Å². The quantitative estimate of drug-likeness (QED) is 0.737. The molecule has 0 aliphatic heterocycles. The Morgan fingerprint density at radius 2 is 2.35 bits per heavy atom. The number of amides is 1. The number of nitrogens with zero attached hydrogens (tertiary/aromatic N) is 1. The van der Waals surface area contributed by atoms with Crippen molar-refractivity contribution in [3.05, 3.63) is 24.0 Å². The normalized spacial score (nSPS) is 11.5. The Morgan fingerprint density at radius 3 is 2.88 bits per heavy atom. The predicted molar refractivity (Wildman–Crippen MR) is 62.4 cm³/mol. The van der Waals surface area contributed by atoms with Crippen molar-refractivity contribution < 1.29 is 14.7 Å². The lowest BCUT2D eigenvalue weighted by atomic mass is 10.2. The standard InChI is InChI=1S/C12H14N2O3/c1-3-9(4-2)13-11(15)8-14-7-5-6-10(14)12(16)17/h1,5-7,9H,4,8H2,2H3,(H,13,15)(H,16,17). The Kier molecular flexibility index (Phi) is 4.35. The maximum atomic E-state index is 11.6. The van der Waals surface area contributed by atoms with Gasteiger partial charge in [-0.1, -0.05) is 12.8 Å². The first-order valence-electron chi connectivity index (χ1n) is 5.22. The number of hydrogen-bond donors (Lipinski definition) is 2. The van der Waals surface area contributed by atoms with Gasteiger partial charge in [-0.05, 0) is 18.6 Å². The molecule has 1 heterocycles. The van der Waals surface area contributed by atoms with Crippen LogP contribution in [0.2, 0.25) is 0 Å². The van der Waals surface area contributed by atoms with E-state index in [4.69, 9.17) is 11.5 Å². The van der Waals surface area contributed by atoms with Gasteiger partial charge in [-0.3, -0.25) is 4.79 Å². The minimum atomic E-state index is -1.06. The molecule has 0 aliphatic rings. The van der Waals surface area contributed by atoms with E-state index in [0.717, 1.165) is 0 Å². The van der Waals surface area contributed by atoms with E-state index < -0.39 is 5.97 Å². The van der Waals surface area contributed by atoms with E-state index >= 15 is 0 Å². The molecule has 1 aromatic heterocycles. The maximum absolute atomic E-state index is 11.6. The summed E-state index contributed by atoms with van der Waals surface area (Å²) in [6, 6.07) is 2.70. The molecule has 1 atom stereocenters. The third-order valence-corrected chi connectivity index (χ3v) is 2.31. The van der Waals surface area contributed by atoms with Crippen molar-refractivity contribution in [2.75, 3.05) is 0 Å². The smallest absolute Gasteiger partial charge is 0.352 e. The number of terminal acetylenes is 1. The van der Waals surface area contributed by atoms with Crippen molar-refractivity contribution in [3.8, 4) is 12.3 Å². The van der Waals surface area contributed by atoms with E-state index in [9.17, 15) is 9.59 Å². The molecule has 0 bridgehead atoms. The molecule has 0 radical (unpaired) electrons. The van der Waals surface area contributed by atoms with Crippen molar-refractivity contribution in [2.24, 2.45) is 0 Å². The van der Waals surface area contributed by atoms with E-state index in [1.165, 1.54) is 10.6 Å². The summed E-state index contributed by atoms with van der Waals surface area (Å²) in [5.41, 5.74) is 0.0777. The number of carbonyl (C=O) groups excluding carboxylic acids is 1. The number of hydrogen-bond acceptors (Lipinski definition) is 2. The van der Waals surface area contributed by atoms with Crippen molar-refractivity contribution in [3.63, 3.8) is 0 Å². The highest BCUT2D eigenvalue weighted by Gasteiger charge is 2.13. The molecule has 5 nitrogen and oxygen atoms in total. The Balaban J connectivity index is 2.66. The first kappa shape index (κ1) is 12.8. The van der Waals surface area contributed by atoms with Gasteiger partial charge in [-0.25, -0.2) is 4.79 Å². The van der Waals surface area contributed by atoms with E-state index in [2.05, 4.69) is 11.2 Å². The average molecular weight is 234 g/mol. The van der Waals surface area contributed by atoms with Gasteiger partial charge in [0.05, 0.1) is 6.04 Å². The summed E-state index contributed by atoms with van der Waals surface area (Å²) in [5.74, 6) is 1.08. The second-order valence-corrected chi connectivity index (χ2v) is 3.52. The van der Waals surface area contributed by atoms with Gasteiger partial charge in [0, 0.05) is 6.20 Å². The third kappa shape index (κ3) is 3.38. The second kappa shape index (κ2) is 5.75. The largest absolute Gasteiger partial charge is 0.477 e. The van der Waals surface area contributed by atoms with Crippen LogP contribution in [0.5, 0.6) is 0 Å². The van der Waals surface area contributed by atoms with Crippen LogP contribution in [-0.4, -0.2) is 27.6 Å². The number of rotatable bonds is 5. The first-order chi connectivity index (χ1) is 8.08. The molecule has 0 aromatic carbocycles. The number of aromatic nitrogens is 1. The van der Waals surface area contributed by atoms with Gasteiger partial charge in [-0.2, -0.15) is 0 Å². The van der Waals surface area contributed by atoms with Gasteiger partial charge in [-0.15, -0.1) is 6.42 Å². The number of carboxylic acids is 1. The van der Waals surface area contributed by atoms with Gasteiger partial charge in [0.25, 0.3) is 0 Å². The molecule has 90 valence electrons. The molecule has 17 heavy (non-hydrogen) atoms. The highest BCUT2D eigenvalue weighted by atomic mass is 16.4. The maximum Gasteiger partial charge on any atom is 0.352 e. The third-order valence-electron chi connectivity index (χ3n) is 2.31. The molecule has 0 saturated carbocycles. The molecule has 1 amide bonds. The fourth-order valence-electron chi connectivity index (χ4n) is 1.40. The molecular formula is C12H14N2O3. The summed E-state index contributed by atoms with van der Waals surface area (Å²) >= 11 is 0. The second-order valence-electron chi connectivity index (χ2n) is 3.52. The number of nitrogens with one attached hydrogen (secondary N) is 1. The van der Waals surface area contributed by atoms with Gasteiger partial charge in [0.2, 0.25) is 5.91 Å². The van der Waals surface area contributed by atoms with Crippen LogP contribution in [0.3, 0.4) is 0 Å². The van der Waals surface area contributed by atoms with Gasteiger partial charge in [0.1, 0.15) is 12.2 Å². The van der Waals surface area contributed by atoms with E-state index in [1.807, 2.05) is 6.92 Å². The molecule has 0 fully saturated rings. The zero-order valence-corrected chi connectivity index (χ0v) is 9.51. The summed E-state index contributed by atoms with van der Waals surface area (Å²) in [6.45, 7) is 1.82. The van der Waals surface area contributed by atoms with Crippen LogP contribution in [-0.2, 0) is 11.3 Å². The fraction of sp³-hybridized carbons (Fsp3) is 0.333. The zero-order chi connectivity index (χ0) is 12.8. The Hall–Kier alpha value is -2.22. The van der Waals surface area contributed by atoms with Gasteiger partial charge >= 0.3 is 5.97 Å². The summed E-state index contributed by atoms with van der Waals surface area (Å²) in [6.07, 6.45) is 7.40. The zero-order valence-electron chi connectivity index (χ0n) is 9.51. The minimum absolute atomic E-state index is 0.0488. The van der Waals surface area contributed by atoms with Crippen LogP contribution < -0.4 is 5.32 Å². The van der Waals surface area contributed by atoms with Crippen LogP contribution in [0.25, 0.3) is 0 Å². The van der Waals surface area contributed by atoms with Crippen molar-refractivity contribution >= 4 is 11.9 Å². The topological polar surface area (TPSA) is 71.3 Å². The van der Waals surface area contributed by atoms with Crippen LogP contribution in [0.15, 0.2) is 18.3 Å². The molecule has 5 heteroatoms. The number of carboxylic acid groups (broad SMARTS) is 1. The van der Waals surface area contributed by atoms with Crippen molar-refractivity contribution in [1.82, 2.24) is 9.88 Å². The summed E-state index contributed by atoms with van der Waals surface area (Å²) in [4.78, 5) is 22.4. The number of carbonyl (C=O) groups is 2. The molecular weight excluding hydrogens is 220 g/mol. The first-order valence-corrected chi connectivity index (χ1v) is 5.22. The monoisotopic (exact) mass is 234 g/mol. The number of aromatic carboxylic acids is 1. The van der Waals surface area contributed by atoms with Crippen LogP contribution in [0.1, 0.15) is 23.8 Å². The summed E-state index contributed by atoms with van der Waals surface area (Å²) in [7, 11) is 0. The summed E-state index contributed by atoms with van der Waals surface area (Å²) < 4.78 is 1.36. The molecule has 2 N–H and O–H groups in total. The predicted octanol–water partition coefficient (Wildman–Crippen LogP) is 0.714. The minimum Gasteiger partial charge on any atom is -0.477 e. The molecule has 0 spiro atoms. The molecule has 1 unspecified atom stereocenters. The molecule has 0 saturated heterocycles. The molecule has 0 aliphatic carbocycles. The van der Waals surface area contributed by atoms with Crippen molar-refractivity contribution in [1.29, 1.82) is 0 Å². The highest BCUT2D eigenvalue weighted by molar-refractivity contribution is 5.87. The van der Waals surface area contributed by atoms with Crippen LogP contribution >= 0.6 is 0 Å². The van der Waals surface area contributed by atoms with Crippen LogP contribution in [0.4, 0.5) is 0 Å². The lowest BCUT2D eigenvalue weighted by molar-refractivity contribution is -0.122. The Bertz CT molecular complexity index is 457. The Labute approximate surface area is 99.4 Å². The van der Waals surface area contributed by atoms with Gasteiger partial charge in [0.15, 0.2) is 0 Å². The van der Waals surface area contributed by atoms with E-state index in [1.54, 1.807) is 12.3 Å². The Morgan fingerprint density at radius 1 is 1.65 bits per heavy atom. The average Bonchev–Trinajstić information content (AvgIpc) is 2.74. The van der Waals surface area contributed by atoms with Crippen molar-refractivity contribution in [2.45, 2.75) is 25.9 Å². The molecule has 1 rings (SSSR count). The fourth-order valence-corrected chi connectivity index (χ4v) is 1.40. The summed E-state index contributed by atoms with van der Waals surface area (Å²) in [5, 5.41) is 11.5. The van der Waals surface area contributed by atoms with Gasteiger partial charge < -0.3 is 15.0 Å².